The van der Waals surface area contributed by atoms with Crippen LogP contribution < -0.4 is 10.6 Å². The first kappa shape index (κ1) is 17.7. The molecule has 2 amide bonds. The molecule has 0 aliphatic carbocycles. The van der Waals surface area contributed by atoms with Crippen molar-refractivity contribution in [3.63, 3.8) is 0 Å². The van der Waals surface area contributed by atoms with Crippen LogP contribution in [-0.4, -0.2) is 24.9 Å². The zero-order valence-corrected chi connectivity index (χ0v) is 14.0. The third kappa shape index (κ3) is 5.88. The highest BCUT2D eigenvalue weighted by atomic mass is 16.2. The third-order valence-electron chi connectivity index (χ3n) is 3.84. The number of carbonyl (C=O) groups is 2. The van der Waals surface area contributed by atoms with Crippen molar-refractivity contribution in [2.24, 2.45) is 0 Å². The molecule has 0 heterocycles. The van der Waals surface area contributed by atoms with Crippen LogP contribution in [0.5, 0.6) is 0 Å². The van der Waals surface area contributed by atoms with Crippen molar-refractivity contribution in [1.82, 2.24) is 10.6 Å². The highest BCUT2D eigenvalue weighted by Gasteiger charge is 2.05. The number of aryl methyl sites for hydroxylation is 2. The number of amides is 2. The smallest absolute Gasteiger partial charge is 0.251 e. The second-order valence-corrected chi connectivity index (χ2v) is 5.64. The van der Waals surface area contributed by atoms with E-state index >= 15 is 0 Å². The fraction of sp³-hybridized carbons (Fsp3) is 0.300. The summed E-state index contributed by atoms with van der Waals surface area (Å²) in [6, 6.07) is 17.4. The Labute approximate surface area is 143 Å². The van der Waals surface area contributed by atoms with E-state index in [0.29, 0.717) is 25.1 Å². The second kappa shape index (κ2) is 9.50. The second-order valence-electron chi connectivity index (χ2n) is 5.64. The van der Waals surface area contributed by atoms with E-state index in [2.05, 4.69) is 41.8 Å². The Morgan fingerprint density at radius 1 is 0.833 bits per heavy atom. The summed E-state index contributed by atoms with van der Waals surface area (Å²) in [5, 5.41) is 5.62. The standard InChI is InChI=1S/C20H24N2O2/c1-2-16-8-10-17(11-9-16)12-13-19(23)21-14-15-22-20(24)18-6-4-3-5-7-18/h3-11H,2,12-15H2,1H3,(H,21,23)(H,22,24). The highest BCUT2D eigenvalue weighted by Crippen LogP contribution is 2.07. The predicted octanol–water partition coefficient (Wildman–Crippen LogP) is 2.73. The minimum atomic E-state index is -0.124. The number of nitrogens with one attached hydrogen (secondary N) is 2. The van der Waals surface area contributed by atoms with Gasteiger partial charge in [0.15, 0.2) is 0 Å². The van der Waals surface area contributed by atoms with Gasteiger partial charge in [0.25, 0.3) is 5.91 Å². The van der Waals surface area contributed by atoms with E-state index in [1.165, 1.54) is 11.1 Å². The molecule has 0 aromatic heterocycles. The largest absolute Gasteiger partial charge is 0.354 e. The van der Waals surface area contributed by atoms with Gasteiger partial charge in [0, 0.05) is 25.1 Å². The monoisotopic (exact) mass is 324 g/mol. The molecule has 0 bridgehead atoms. The Kier molecular flexibility index (Phi) is 7.02. The van der Waals surface area contributed by atoms with Crippen LogP contribution in [0.15, 0.2) is 54.6 Å². The number of benzene rings is 2. The van der Waals surface area contributed by atoms with E-state index in [9.17, 15) is 9.59 Å². The van der Waals surface area contributed by atoms with Crippen LogP contribution in [0.4, 0.5) is 0 Å². The number of hydrogen-bond donors (Lipinski definition) is 2. The molecule has 0 saturated carbocycles. The summed E-state index contributed by atoms with van der Waals surface area (Å²) in [5.41, 5.74) is 3.09. The molecule has 126 valence electrons. The number of hydrogen-bond acceptors (Lipinski definition) is 2. The SMILES string of the molecule is CCc1ccc(CCC(=O)NCCNC(=O)c2ccccc2)cc1. The Balaban J connectivity index is 1.62. The van der Waals surface area contributed by atoms with Gasteiger partial charge in [-0.25, -0.2) is 0 Å². The van der Waals surface area contributed by atoms with Gasteiger partial charge in [-0.15, -0.1) is 0 Å². The van der Waals surface area contributed by atoms with Gasteiger partial charge in [0.05, 0.1) is 0 Å². The number of rotatable bonds is 8. The summed E-state index contributed by atoms with van der Waals surface area (Å²) in [6.07, 6.45) is 2.21. The van der Waals surface area contributed by atoms with Crippen molar-refractivity contribution >= 4 is 11.8 Å². The van der Waals surface area contributed by atoms with E-state index in [0.717, 1.165) is 12.8 Å². The first-order valence-electron chi connectivity index (χ1n) is 8.37. The molecule has 2 aromatic rings. The zero-order chi connectivity index (χ0) is 17.2. The van der Waals surface area contributed by atoms with Crippen molar-refractivity contribution in [1.29, 1.82) is 0 Å². The van der Waals surface area contributed by atoms with Crippen molar-refractivity contribution < 1.29 is 9.59 Å². The summed E-state index contributed by atoms with van der Waals surface area (Å²) in [4.78, 5) is 23.7. The fourth-order valence-corrected chi connectivity index (χ4v) is 2.36. The first-order valence-corrected chi connectivity index (χ1v) is 8.37. The molecule has 0 radical (unpaired) electrons. The van der Waals surface area contributed by atoms with Gasteiger partial charge in [-0.3, -0.25) is 9.59 Å². The summed E-state index contributed by atoms with van der Waals surface area (Å²) in [5.74, 6) is -0.121. The lowest BCUT2D eigenvalue weighted by molar-refractivity contribution is -0.121. The quantitative estimate of drug-likeness (QED) is 0.734. The minimum Gasteiger partial charge on any atom is -0.354 e. The molecule has 0 spiro atoms. The van der Waals surface area contributed by atoms with Crippen LogP contribution in [0.2, 0.25) is 0 Å². The summed E-state index contributed by atoms with van der Waals surface area (Å²) in [7, 11) is 0. The van der Waals surface area contributed by atoms with Crippen LogP contribution in [0.3, 0.4) is 0 Å². The van der Waals surface area contributed by atoms with Gasteiger partial charge in [-0.1, -0.05) is 49.4 Å². The predicted molar refractivity (Wildman–Crippen MR) is 95.9 cm³/mol. The molecule has 2 rings (SSSR count). The minimum absolute atomic E-state index is 0.00327. The van der Waals surface area contributed by atoms with Crippen molar-refractivity contribution in [3.8, 4) is 0 Å². The molecule has 0 aliphatic rings. The molecule has 24 heavy (non-hydrogen) atoms. The number of carbonyl (C=O) groups excluding carboxylic acids is 2. The topological polar surface area (TPSA) is 58.2 Å². The van der Waals surface area contributed by atoms with Gasteiger partial charge in [-0.2, -0.15) is 0 Å². The van der Waals surface area contributed by atoms with Crippen LogP contribution in [0.1, 0.15) is 34.8 Å². The molecule has 0 fully saturated rings. The summed E-state index contributed by atoms with van der Waals surface area (Å²) in [6.45, 7) is 2.98. The van der Waals surface area contributed by atoms with Crippen LogP contribution in [0, 0.1) is 0 Å². The normalized spacial score (nSPS) is 10.2. The van der Waals surface area contributed by atoms with Crippen LogP contribution >= 0.6 is 0 Å². The van der Waals surface area contributed by atoms with E-state index < -0.39 is 0 Å². The van der Waals surface area contributed by atoms with Crippen molar-refractivity contribution in [2.75, 3.05) is 13.1 Å². The van der Waals surface area contributed by atoms with Crippen molar-refractivity contribution in [2.45, 2.75) is 26.2 Å². The Bertz CT molecular complexity index is 651. The van der Waals surface area contributed by atoms with Gasteiger partial charge >= 0.3 is 0 Å². The molecule has 4 heteroatoms. The molecular formula is C20H24N2O2. The van der Waals surface area contributed by atoms with Crippen LogP contribution in [0.25, 0.3) is 0 Å². The van der Waals surface area contributed by atoms with Gasteiger partial charge in [0.2, 0.25) is 5.91 Å². The Morgan fingerprint density at radius 3 is 2.12 bits per heavy atom. The molecule has 2 aromatic carbocycles. The molecule has 0 saturated heterocycles. The lowest BCUT2D eigenvalue weighted by atomic mass is 10.1. The van der Waals surface area contributed by atoms with Crippen molar-refractivity contribution in [3.05, 3.63) is 71.3 Å². The van der Waals surface area contributed by atoms with Crippen LogP contribution in [-0.2, 0) is 17.6 Å². The maximum atomic E-state index is 11.8. The third-order valence-corrected chi connectivity index (χ3v) is 3.84. The zero-order valence-electron chi connectivity index (χ0n) is 14.0. The van der Waals surface area contributed by atoms with Gasteiger partial charge < -0.3 is 10.6 Å². The Hall–Kier alpha value is -2.62. The van der Waals surface area contributed by atoms with E-state index in [1.807, 2.05) is 18.2 Å². The average Bonchev–Trinajstić information content (AvgIpc) is 2.64. The molecule has 4 nitrogen and oxygen atoms in total. The lowest BCUT2D eigenvalue weighted by Crippen LogP contribution is -2.34. The molecule has 0 aliphatic heterocycles. The van der Waals surface area contributed by atoms with E-state index in [-0.39, 0.29) is 11.8 Å². The van der Waals surface area contributed by atoms with Gasteiger partial charge in [0.1, 0.15) is 0 Å². The highest BCUT2D eigenvalue weighted by molar-refractivity contribution is 5.94. The molecule has 0 unspecified atom stereocenters. The first-order chi connectivity index (χ1) is 11.7. The maximum Gasteiger partial charge on any atom is 0.251 e. The fourth-order valence-electron chi connectivity index (χ4n) is 2.36. The van der Waals surface area contributed by atoms with Gasteiger partial charge in [-0.05, 0) is 36.1 Å². The molecule has 0 atom stereocenters. The average molecular weight is 324 g/mol. The lowest BCUT2D eigenvalue weighted by Gasteiger charge is -2.07. The summed E-state index contributed by atoms with van der Waals surface area (Å²) >= 11 is 0. The Morgan fingerprint density at radius 2 is 1.46 bits per heavy atom. The van der Waals surface area contributed by atoms with E-state index in [4.69, 9.17) is 0 Å². The molecular weight excluding hydrogens is 300 g/mol. The maximum absolute atomic E-state index is 11.8. The summed E-state index contributed by atoms with van der Waals surface area (Å²) < 4.78 is 0. The van der Waals surface area contributed by atoms with E-state index in [1.54, 1.807) is 12.1 Å². The molecule has 2 N–H and O–H groups in total.